The highest BCUT2D eigenvalue weighted by atomic mass is 19.1. The molecule has 0 bridgehead atoms. The minimum Gasteiger partial charge on any atom is -0.396 e. The van der Waals surface area contributed by atoms with Crippen LogP contribution in [0.2, 0.25) is 0 Å². The molecule has 0 unspecified atom stereocenters. The van der Waals surface area contributed by atoms with E-state index in [1.165, 1.54) is 12.1 Å². The molecule has 17 heavy (non-hydrogen) atoms. The van der Waals surface area contributed by atoms with Gasteiger partial charge in [-0.2, -0.15) is 0 Å². The Morgan fingerprint density at radius 1 is 1.24 bits per heavy atom. The van der Waals surface area contributed by atoms with Crippen LogP contribution in [-0.4, -0.2) is 24.2 Å². The maximum absolute atomic E-state index is 12.6. The van der Waals surface area contributed by atoms with Crippen LogP contribution in [-0.2, 0) is 11.2 Å². The van der Waals surface area contributed by atoms with Gasteiger partial charge in [-0.25, -0.2) is 4.39 Å². The van der Waals surface area contributed by atoms with Gasteiger partial charge in [0, 0.05) is 19.6 Å². The molecule has 2 N–H and O–H groups in total. The largest absolute Gasteiger partial charge is 0.396 e. The average molecular weight is 239 g/mol. The highest BCUT2D eigenvalue weighted by molar-refractivity contribution is 5.76. The second-order valence-electron chi connectivity index (χ2n) is 3.91. The van der Waals surface area contributed by atoms with E-state index in [-0.39, 0.29) is 18.3 Å². The third-order valence-corrected chi connectivity index (χ3v) is 2.46. The van der Waals surface area contributed by atoms with Crippen LogP contribution in [0.25, 0.3) is 0 Å². The molecule has 4 heteroatoms. The number of hydrogen-bond acceptors (Lipinski definition) is 2. The van der Waals surface area contributed by atoms with Crippen LogP contribution in [0.5, 0.6) is 0 Å². The Morgan fingerprint density at radius 2 is 1.94 bits per heavy atom. The number of amides is 1. The Kier molecular flexibility index (Phi) is 6.25. The molecule has 0 aliphatic rings. The van der Waals surface area contributed by atoms with Crippen molar-refractivity contribution in [2.24, 2.45) is 0 Å². The van der Waals surface area contributed by atoms with E-state index in [4.69, 9.17) is 5.11 Å². The maximum Gasteiger partial charge on any atom is 0.220 e. The van der Waals surface area contributed by atoms with E-state index in [1.54, 1.807) is 12.1 Å². The molecule has 94 valence electrons. The first-order valence-corrected chi connectivity index (χ1v) is 5.84. The lowest BCUT2D eigenvalue weighted by molar-refractivity contribution is -0.121. The van der Waals surface area contributed by atoms with Crippen molar-refractivity contribution < 1.29 is 14.3 Å². The fourth-order valence-electron chi connectivity index (χ4n) is 1.46. The van der Waals surface area contributed by atoms with Gasteiger partial charge in [-0.05, 0) is 37.0 Å². The Bertz CT molecular complexity index is 338. The number of carbonyl (C=O) groups is 1. The zero-order valence-electron chi connectivity index (χ0n) is 9.79. The Balaban J connectivity index is 2.17. The van der Waals surface area contributed by atoms with Crippen molar-refractivity contribution >= 4 is 5.91 Å². The van der Waals surface area contributed by atoms with E-state index in [1.807, 2.05) is 0 Å². The lowest BCUT2D eigenvalue weighted by Crippen LogP contribution is -2.24. The lowest BCUT2D eigenvalue weighted by atomic mass is 10.1. The Hall–Kier alpha value is -1.42. The monoisotopic (exact) mass is 239 g/mol. The van der Waals surface area contributed by atoms with Gasteiger partial charge >= 0.3 is 0 Å². The fraction of sp³-hybridized carbons (Fsp3) is 0.462. The molecule has 1 aromatic carbocycles. The van der Waals surface area contributed by atoms with Crippen molar-refractivity contribution in [2.75, 3.05) is 13.2 Å². The maximum atomic E-state index is 12.6. The van der Waals surface area contributed by atoms with Crippen molar-refractivity contribution in [3.05, 3.63) is 35.6 Å². The van der Waals surface area contributed by atoms with Gasteiger partial charge in [0.1, 0.15) is 5.82 Å². The fourth-order valence-corrected chi connectivity index (χ4v) is 1.46. The van der Waals surface area contributed by atoms with E-state index in [0.717, 1.165) is 12.0 Å². The Labute approximate surface area is 101 Å². The molecule has 0 saturated heterocycles. The highest BCUT2D eigenvalue weighted by Gasteiger charge is 2.01. The van der Waals surface area contributed by atoms with Gasteiger partial charge in [0.15, 0.2) is 0 Å². The molecule has 3 nitrogen and oxygen atoms in total. The minimum absolute atomic E-state index is 0.00716. The number of hydrogen-bond donors (Lipinski definition) is 2. The third-order valence-electron chi connectivity index (χ3n) is 2.46. The standard InChI is InChI=1S/C13H18FNO2/c14-12-6-3-11(4-7-12)5-8-13(17)15-9-1-2-10-16/h3-4,6-7,16H,1-2,5,8-10H2,(H,15,17). The molecule has 0 aromatic heterocycles. The van der Waals surface area contributed by atoms with E-state index < -0.39 is 0 Å². The molecular weight excluding hydrogens is 221 g/mol. The van der Waals surface area contributed by atoms with Crippen molar-refractivity contribution in [1.29, 1.82) is 0 Å². The summed E-state index contributed by atoms with van der Waals surface area (Å²) in [5.41, 5.74) is 0.955. The Morgan fingerprint density at radius 3 is 2.59 bits per heavy atom. The van der Waals surface area contributed by atoms with Crippen molar-refractivity contribution in [2.45, 2.75) is 25.7 Å². The van der Waals surface area contributed by atoms with Crippen LogP contribution < -0.4 is 5.32 Å². The van der Waals surface area contributed by atoms with Crippen molar-refractivity contribution in [3.8, 4) is 0 Å². The number of benzene rings is 1. The van der Waals surface area contributed by atoms with Gasteiger partial charge in [0.25, 0.3) is 0 Å². The zero-order valence-corrected chi connectivity index (χ0v) is 9.79. The van der Waals surface area contributed by atoms with E-state index >= 15 is 0 Å². The average Bonchev–Trinajstić information content (AvgIpc) is 2.34. The summed E-state index contributed by atoms with van der Waals surface area (Å²) >= 11 is 0. The van der Waals surface area contributed by atoms with Crippen molar-refractivity contribution in [1.82, 2.24) is 5.32 Å². The summed E-state index contributed by atoms with van der Waals surface area (Å²) in [5.74, 6) is -0.269. The second-order valence-corrected chi connectivity index (χ2v) is 3.91. The molecule has 0 fully saturated rings. The number of nitrogens with one attached hydrogen (secondary N) is 1. The predicted molar refractivity (Wildman–Crippen MR) is 64.1 cm³/mol. The molecule has 0 atom stereocenters. The quantitative estimate of drug-likeness (QED) is 0.711. The van der Waals surface area contributed by atoms with E-state index in [0.29, 0.717) is 25.8 Å². The molecule has 0 aliphatic carbocycles. The summed E-state index contributed by atoms with van der Waals surface area (Å²) in [6.45, 7) is 0.758. The first-order valence-electron chi connectivity index (χ1n) is 5.84. The number of carbonyl (C=O) groups excluding carboxylic acids is 1. The van der Waals surface area contributed by atoms with E-state index in [9.17, 15) is 9.18 Å². The van der Waals surface area contributed by atoms with Crippen LogP contribution in [0.15, 0.2) is 24.3 Å². The summed E-state index contributed by atoms with van der Waals surface area (Å²) in [5, 5.41) is 11.3. The molecule has 1 amide bonds. The molecule has 0 heterocycles. The number of rotatable bonds is 7. The number of unbranched alkanes of at least 4 members (excludes halogenated alkanes) is 1. The van der Waals surface area contributed by atoms with Crippen LogP contribution in [0.1, 0.15) is 24.8 Å². The first-order chi connectivity index (χ1) is 8.22. The molecular formula is C13H18FNO2. The lowest BCUT2D eigenvalue weighted by Gasteiger charge is -2.04. The molecule has 1 rings (SSSR count). The molecule has 0 aliphatic heterocycles. The predicted octanol–water partition coefficient (Wildman–Crippen LogP) is 1.65. The SMILES string of the molecule is O=C(CCc1ccc(F)cc1)NCCCCO. The first kappa shape index (κ1) is 13.6. The van der Waals surface area contributed by atoms with E-state index in [2.05, 4.69) is 5.32 Å². The number of aryl methyl sites for hydroxylation is 1. The van der Waals surface area contributed by atoms with Crippen LogP contribution in [0, 0.1) is 5.82 Å². The number of aliphatic hydroxyl groups is 1. The van der Waals surface area contributed by atoms with Gasteiger partial charge in [0.05, 0.1) is 0 Å². The molecule has 1 aromatic rings. The molecule has 0 spiro atoms. The van der Waals surface area contributed by atoms with Crippen LogP contribution in [0.3, 0.4) is 0 Å². The van der Waals surface area contributed by atoms with Crippen LogP contribution >= 0.6 is 0 Å². The minimum atomic E-state index is -0.262. The summed E-state index contributed by atoms with van der Waals surface area (Å²) < 4.78 is 12.6. The van der Waals surface area contributed by atoms with Gasteiger partial charge in [-0.15, -0.1) is 0 Å². The van der Waals surface area contributed by atoms with Gasteiger partial charge < -0.3 is 10.4 Å². The zero-order chi connectivity index (χ0) is 12.5. The second kappa shape index (κ2) is 7.79. The van der Waals surface area contributed by atoms with Crippen molar-refractivity contribution in [3.63, 3.8) is 0 Å². The smallest absolute Gasteiger partial charge is 0.220 e. The molecule has 0 saturated carbocycles. The summed E-state index contributed by atoms with van der Waals surface area (Å²) in [4.78, 5) is 11.4. The summed E-state index contributed by atoms with van der Waals surface area (Å²) in [7, 11) is 0. The third kappa shape index (κ3) is 6.02. The molecule has 0 radical (unpaired) electrons. The summed E-state index contributed by atoms with van der Waals surface area (Å²) in [6.07, 6.45) is 2.52. The number of halogens is 1. The normalized spacial score (nSPS) is 10.2. The van der Waals surface area contributed by atoms with Gasteiger partial charge in [-0.3, -0.25) is 4.79 Å². The number of aliphatic hydroxyl groups excluding tert-OH is 1. The van der Waals surface area contributed by atoms with Gasteiger partial charge in [-0.1, -0.05) is 12.1 Å². The highest BCUT2D eigenvalue weighted by Crippen LogP contribution is 2.05. The summed E-state index contributed by atoms with van der Waals surface area (Å²) in [6, 6.07) is 6.17. The van der Waals surface area contributed by atoms with Crippen LogP contribution in [0.4, 0.5) is 4.39 Å². The topological polar surface area (TPSA) is 49.3 Å². The van der Waals surface area contributed by atoms with Gasteiger partial charge in [0.2, 0.25) is 5.91 Å².